The Kier molecular flexibility index (Phi) is 4.60. The maximum absolute atomic E-state index is 12.2. The van der Waals surface area contributed by atoms with Crippen molar-refractivity contribution in [1.82, 2.24) is 15.8 Å². The van der Waals surface area contributed by atoms with E-state index in [0.717, 1.165) is 6.07 Å². The van der Waals surface area contributed by atoms with Crippen LogP contribution in [-0.2, 0) is 0 Å². The first-order valence-corrected chi connectivity index (χ1v) is 6.60. The van der Waals surface area contributed by atoms with Crippen molar-refractivity contribution in [3.63, 3.8) is 0 Å². The summed E-state index contributed by atoms with van der Waals surface area (Å²) in [5.74, 6) is -1.18. The molecule has 0 radical (unpaired) electrons. The van der Waals surface area contributed by atoms with Crippen LogP contribution < -0.4 is 15.8 Å². The molecule has 2 amide bonds. The lowest BCUT2D eigenvalue weighted by Gasteiger charge is -2.17. The normalized spacial score (nSPS) is 10.0. The van der Waals surface area contributed by atoms with Gasteiger partial charge < -0.3 is 9.88 Å². The lowest BCUT2D eigenvalue weighted by atomic mass is 10.1. The molecular formula is C14H15N5O4. The summed E-state index contributed by atoms with van der Waals surface area (Å²) < 4.78 is 0. The quantitative estimate of drug-likeness (QED) is 0.575. The van der Waals surface area contributed by atoms with E-state index in [-0.39, 0.29) is 16.9 Å². The molecule has 0 fully saturated rings. The Balaban J connectivity index is 2.18. The monoisotopic (exact) mass is 317 g/mol. The maximum Gasteiger partial charge on any atom is 0.286 e. The van der Waals surface area contributed by atoms with Gasteiger partial charge in [-0.1, -0.05) is 0 Å². The lowest BCUT2D eigenvalue weighted by molar-refractivity contribution is -0.384. The van der Waals surface area contributed by atoms with Crippen molar-refractivity contribution in [2.45, 2.75) is 0 Å². The molecular weight excluding hydrogens is 302 g/mol. The molecule has 120 valence electrons. The van der Waals surface area contributed by atoms with Gasteiger partial charge in [-0.2, -0.15) is 0 Å². The van der Waals surface area contributed by atoms with Crippen molar-refractivity contribution < 1.29 is 14.5 Å². The van der Waals surface area contributed by atoms with E-state index < -0.39 is 16.7 Å². The van der Waals surface area contributed by atoms with Crippen molar-refractivity contribution in [1.29, 1.82) is 0 Å². The second kappa shape index (κ2) is 6.60. The fourth-order valence-corrected chi connectivity index (χ4v) is 1.93. The predicted octanol–water partition coefficient (Wildman–Crippen LogP) is 1.06. The Hall–Kier alpha value is -3.36. The van der Waals surface area contributed by atoms with E-state index >= 15 is 0 Å². The number of rotatable bonds is 4. The van der Waals surface area contributed by atoms with E-state index in [9.17, 15) is 19.7 Å². The first-order chi connectivity index (χ1) is 10.9. The number of aromatic amines is 1. The summed E-state index contributed by atoms with van der Waals surface area (Å²) in [6.07, 6.45) is 1.57. The Labute approximate surface area is 131 Å². The third kappa shape index (κ3) is 3.64. The molecule has 0 saturated heterocycles. The van der Waals surface area contributed by atoms with E-state index in [4.69, 9.17) is 0 Å². The number of aromatic nitrogens is 1. The molecule has 23 heavy (non-hydrogen) atoms. The van der Waals surface area contributed by atoms with Crippen LogP contribution >= 0.6 is 0 Å². The van der Waals surface area contributed by atoms with Gasteiger partial charge in [-0.25, -0.2) is 0 Å². The standard InChI is InChI=1S/C14H15N5O4/c1-18(2)12-6-5-9(19(22)23)8-10(12)13(20)16-17-14(21)11-4-3-7-15-11/h3-8,15H,1-2H3,(H,16,20)(H,17,21). The molecule has 0 aliphatic heterocycles. The number of nitro benzene ring substituents is 1. The second-order valence-corrected chi connectivity index (χ2v) is 4.85. The molecule has 2 rings (SSSR count). The number of nitrogens with zero attached hydrogens (tertiary/aromatic N) is 2. The maximum atomic E-state index is 12.2. The number of nitrogens with one attached hydrogen (secondary N) is 3. The molecule has 1 aromatic carbocycles. The van der Waals surface area contributed by atoms with Crippen molar-refractivity contribution in [2.24, 2.45) is 0 Å². The van der Waals surface area contributed by atoms with Crippen LogP contribution in [0.2, 0.25) is 0 Å². The molecule has 0 unspecified atom stereocenters. The molecule has 1 heterocycles. The number of carbonyl (C=O) groups excluding carboxylic acids is 2. The summed E-state index contributed by atoms with van der Waals surface area (Å²) in [7, 11) is 3.41. The molecule has 3 N–H and O–H groups in total. The minimum Gasteiger partial charge on any atom is -0.377 e. The molecule has 0 spiro atoms. The van der Waals surface area contributed by atoms with Crippen molar-refractivity contribution in [3.05, 3.63) is 57.9 Å². The average molecular weight is 317 g/mol. The number of non-ortho nitro benzene ring substituents is 1. The number of amides is 2. The molecule has 0 aliphatic carbocycles. The fourth-order valence-electron chi connectivity index (χ4n) is 1.93. The van der Waals surface area contributed by atoms with Crippen LogP contribution in [0.25, 0.3) is 0 Å². The summed E-state index contributed by atoms with van der Waals surface area (Å²) in [5, 5.41) is 10.9. The van der Waals surface area contributed by atoms with Crippen LogP contribution in [0.5, 0.6) is 0 Å². The van der Waals surface area contributed by atoms with E-state index in [1.54, 1.807) is 37.3 Å². The second-order valence-electron chi connectivity index (χ2n) is 4.85. The van der Waals surface area contributed by atoms with Gasteiger partial charge in [0.1, 0.15) is 5.69 Å². The van der Waals surface area contributed by atoms with Gasteiger partial charge in [0.25, 0.3) is 17.5 Å². The topological polar surface area (TPSA) is 120 Å². The number of hydrogen-bond acceptors (Lipinski definition) is 5. The van der Waals surface area contributed by atoms with E-state index in [1.807, 2.05) is 0 Å². The Morgan fingerprint density at radius 1 is 1.17 bits per heavy atom. The zero-order chi connectivity index (χ0) is 17.0. The van der Waals surface area contributed by atoms with Crippen LogP contribution in [0.4, 0.5) is 11.4 Å². The van der Waals surface area contributed by atoms with Crippen LogP contribution in [0.3, 0.4) is 0 Å². The van der Waals surface area contributed by atoms with Crippen LogP contribution in [0.1, 0.15) is 20.8 Å². The zero-order valence-electron chi connectivity index (χ0n) is 12.5. The average Bonchev–Trinajstić information content (AvgIpc) is 3.05. The summed E-state index contributed by atoms with van der Waals surface area (Å²) in [6, 6.07) is 7.12. The summed E-state index contributed by atoms with van der Waals surface area (Å²) >= 11 is 0. The van der Waals surface area contributed by atoms with Crippen LogP contribution in [0.15, 0.2) is 36.5 Å². The van der Waals surface area contributed by atoms with Crippen LogP contribution in [-0.4, -0.2) is 35.8 Å². The summed E-state index contributed by atoms with van der Waals surface area (Å²) in [6.45, 7) is 0. The minimum atomic E-state index is -0.655. The van der Waals surface area contributed by atoms with E-state index in [2.05, 4.69) is 15.8 Å². The SMILES string of the molecule is CN(C)c1ccc([N+](=O)[O-])cc1C(=O)NNC(=O)c1ccc[nH]1. The number of carbonyl (C=O) groups is 2. The van der Waals surface area contributed by atoms with Gasteiger partial charge in [0, 0.05) is 38.1 Å². The van der Waals surface area contributed by atoms with Gasteiger partial charge in [-0.05, 0) is 18.2 Å². The predicted molar refractivity (Wildman–Crippen MR) is 83.1 cm³/mol. The number of nitro groups is 1. The van der Waals surface area contributed by atoms with Crippen molar-refractivity contribution in [2.75, 3.05) is 19.0 Å². The van der Waals surface area contributed by atoms with Gasteiger partial charge in [-0.15, -0.1) is 0 Å². The lowest BCUT2D eigenvalue weighted by Crippen LogP contribution is -2.42. The summed E-state index contributed by atoms with van der Waals surface area (Å²) in [4.78, 5) is 38.6. The first kappa shape index (κ1) is 16.0. The Morgan fingerprint density at radius 3 is 2.43 bits per heavy atom. The largest absolute Gasteiger partial charge is 0.377 e. The minimum absolute atomic E-state index is 0.0796. The van der Waals surface area contributed by atoms with Crippen LogP contribution in [0, 0.1) is 10.1 Å². The van der Waals surface area contributed by atoms with Gasteiger partial charge in [0.15, 0.2) is 0 Å². The molecule has 0 atom stereocenters. The van der Waals surface area contributed by atoms with Crippen molar-refractivity contribution >= 4 is 23.2 Å². The Bertz CT molecular complexity index is 740. The molecule has 0 aliphatic rings. The van der Waals surface area contributed by atoms with Gasteiger partial charge in [-0.3, -0.25) is 30.6 Å². The number of anilines is 1. The zero-order valence-corrected chi connectivity index (χ0v) is 12.5. The Morgan fingerprint density at radius 2 is 1.87 bits per heavy atom. The molecule has 0 bridgehead atoms. The van der Waals surface area contributed by atoms with Crippen molar-refractivity contribution in [3.8, 4) is 0 Å². The molecule has 9 heteroatoms. The summed E-state index contributed by atoms with van der Waals surface area (Å²) in [5.41, 5.74) is 5.11. The van der Waals surface area contributed by atoms with Gasteiger partial charge in [0.2, 0.25) is 0 Å². The number of hydrazine groups is 1. The fraction of sp³-hybridized carbons (Fsp3) is 0.143. The number of hydrogen-bond donors (Lipinski definition) is 3. The highest BCUT2D eigenvalue weighted by Crippen LogP contribution is 2.23. The molecule has 0 saturated carbocycles. The molecule has 2 aromatic rings. The number of H-pyrrole nitrogens is 1. The molecule has 9 nitrogen and oxygen atoms in total. The van der Waals surface area contributed by atoms with E-state index in [0.29, 0.717) is 5.69 Å². The van der Waals surface area contributed by atoms with E-state index in [1.165, 1.54) is 12.1 Å². The highest BCUT2D eigenvalue weighted by molar-refractivity contribution is 6.02. The molecule has 1 aromatic heterocycles. The van der Waals surface area contributed by atoms with Gasteiger partial charge >= 0.3 is 0 Å². The first-order valence-electron chi connectivity index (χ1n) is 6.60. The highest BCUT2D eigenvalue weighted by Gasteiger charge is 2.18. The smallest absolute Gasteiger partial charge is 0.286 e. The van der Waals surface area contributed by atoms with Gasteiger partial charge in [0.05, 0.1) is 10.5 Å². The third-order valence-corrected chi connectivity index (χ3v) is 3.05. The third-order valence-electron chi connectivity index (χ3n) is 3.05. The number of benzene rings is 1. The highest BCUT2D eigenvalue weighted by atomic mass is 16.6.